The lowest BCUT2D eigenvalue weighted by molar-refractivity contribution is 0.0947. The molecule has 8 heteroatoms. The highest BCUT2D eigenvalue weighted by atomic mass is 35.5. The van der Waals surface area contributed by atoms with Gasteiger partial charge in [-0.1, -0.05) is 41.9 Å². The summed E-state index contributed by atoms with van der Waals surface area (Å²) >= 11 is 6.13. The van der Waals surface area contributed by atoms with Gasteiger partial charge in [0.05, 0.1) is 17.3 Å². The first kappa shape index (κ1) is 22.7. The van der Waals surface area contributed by atoms with E-state index in [4.69, 9.17) is 16.3 Å². The van der Waals surface area contributed by atoms with E-state index in [9.17, 15) is 13.2 Å². The van der Waals surface area contributed by atoms with E-state index in [1.54, 1.807) is 25.1 Å². The van der Waals surface area contributed by atoms with E-state index in [0.717, 1.165) is 16.9 Å². The van der Waals surface area contributed by atoms with Gasteiger partial charge in [0.1, 0.15) is 17.3 Å². The first-order valence-electron chi connectivity index (χ1n) is 9.62. The van der Waals surface area contributed by atoms with E-state index in [1.807, 2.05) is 37.3 Å². The minimum absolute atomic E-state index is 0.0282. The van der Waals surface area contributed by atoms with Crippen LogP contribution in [0.2, 0.25) is 5.02 Å². The molecule has 0 saturated carbocycles. The fraction of sp³-hybridized carbons (Fsp3) is 0.174. The third-order valence-electron chi connectivity index (χ3n) is 4.52. The fourth-order valence-electron chi connectivity index (χ4n) is 2.88. The van der Waals surface area contributed by atoms with Crippen LogP contribution in [-0.2, 0) is 10.0 Å². The number of aryl methyl sites for hydroxylation is 2. The molecule has 0 heterocycles. The number of hydrogen-bond acceptors (Lipinski definition) is 4. The van der Waals surface area contributed by atoms with Crippen molar-refractivity contribution in [2.24, 2.45) is 0 Å². The zero-order chi connectivity index (χ0) is 22.4. The van der Waals surface area contributed by atoms with Crippen LogP contribution in [0.5, 0.6) is 5.75 Å². The predicted molar refractivity (Wildman–Crippen MR) is 122 cm³/mol. The van der Waals surface area contributed by atoms with Gasteiger partial charge in [-0.15, -0.1) is 0 Å². The Morgan fingerprint density at radius 2 is 1.77 bits per heavy atom. The molecule has 0 aromatic heterocycles. The number of para-hydroxylation sites is 1. The van der Waals surface area contributed by atoms with Crippen LogP contribution in [0.3, 0.4) is 0 Å². The summed E-state index contributed by atoms with van der Waals surface area (Å²) < 4.78 is 33.8. The van der Waals surface area contributed by atoms with E-state index in [1.165, 1.54) is 18.2 Å². The van der Waals surface area contributed by atoms with Crippen molar-refractivity contribution in [3.63, 3.8) is 0 Å². The average molecular weight is 459 g/mol. The van der Waals surface area contributed by atoms with Crippen LogP contribution in [0.15, 0.2) is 71.6 Å². The van der Waals surface area contributed by atoms with Crippen molar-refractivity contribution in [2.45, 2.75) is 18.7 Å². The number of ether oxygens (including phenoxy) is 1. The molecule has 0 bridgehead atoms. The number of carbonyl (C=O) groups excluding carboxylic acids is 1. The number of rotatable bonds is 8. The second-order valence-electron chi connectivity index (χ2n) is 6.99. The fourth-order valence-corrected chi connectivity index (χ4v) is 4.54. The lowest BCUT2D eigenvalue weighted by atomic mass is 10.2. The normalized spacial score (nSPS) is 11.1. The average Bonchev–Trinajstić information content (AvgIpc) is 2.73. The summed E-state index contributed by atoms with van der Waals surface area (Å²) in [5.41, 5.74) is 2.48. The minimum Gasteiger partial charge on any atom is -0.492 e. The van der Waals surface area contributed by atoms with Crippen LogP contribution in [0.1, 0.15) is 21.5 Å². The molecule has 3 aromatic rings. The van der Waals surface area contributed by atoms with E-state index in [0.29, 0.717) is 5.69 Å². The van der Waals surface area contributed by atoms with Gasteiger partial charge in [0, 0.05) is 5.56 Å². The van der Waals surface area contributed by atoms with Gasteiger partial charge in [-0.3, -0.25) is 9.52 Å². The van der Waals surface area contributed by atoms with E-state index in [-0.39, 0.29) is 28.6 Å². The molecule has 2 N–H and O–H groups in total. The molecule has 0 atom stereocenters. The summed E-state index contributed by atoms with van der Waals surface area (Å²) in [4.78, 5) is 12.3. The van der Waals surface area contributed by atoms with Crippen LogP contribution in [0.4, 0.5) is 5.69 Å². The maximum atomic E-state index is 12.8. The SMILES string of the molecule is Cc1cccc(OCCNC(=O)c2ccc(Cl)c(S(=O)(=O)Nc3ccccc3C)c2)c1. The van der Waals surface area contributed by atoms with Gasteiger partial charge in [-0.05, 0) is 61.4 Å². The second-order valence-corrected chi connectivity index (χ2v) is 9.04. The Kier molecular flexibility index (Phi) is 7.20. The zero-order valence-electron chi connectivity index (χ0n) is 17.2. The highest BCUT2D eigenvalue weighted by Gasteiger charge is 2.21. The minimum atomic E-state index is -3.97. The predicted octanol–water partition coefficient (Wildman–Crippen LogP) is 4.57. The van der Waals surface area contributed by atoms with Crippen molar-refractivity contribution in [3.05, 3.63) is 88.4 Å². The standard InChI is InChI=1S/C23H23ClN2O4S/c1-16-6-5-8-19(14-16)30-13-12-25-23(27)18-10-11-20(24)22(15-18)31(28,29)26-21-9-4-3-7-17(21)2/h3-11,14-15,26H,12-13H2,1-2H3,(H,25,27). The molecular formula is C23H23ClN2O4S. The number of amides is 1. The van der Waals surface area contributed by atoms with E-state index >= 15 is 0 Å². The molecular weight excluding hydrogens is 436 g/mol. The van der Waals surface area contributed by atoms with Crippen LogP contribution in [0, 0.1) is 13.8 Å². The van der Waals surface area contributed by atoms with Crippen LogP contribution in [0.25, 0.3) is 0 Å². The molecule has 0 radical (unpaired) electrons. The number of nitrogens with one attached hydrogen (secondary N) is 2. The highest BCUT2D eigenvalue weighted by Crippen LogP contribution is 2.26. The molecule has 0 fully saturated rings. The van der Waals surface area contributed by atoms with Crippen LogP contribution < -0.4 is 14.8 Å². The smallest absolute Gasteiger partial charge is 0.263 e. The molecule has 0 aliphatic rings. The molecule has 31 heavy (non-hydrogen) atoms. The lowest BCUT2D eigenvalue weighted by Crippen LogP contribution is -2.28. The molecule has 0 spiro atoms. The molecule has 3 rings (SSSR count). The summed E-state index contributed by atoms with van der Waals surface area (Å²) in [5.74, 6) is 0.299. The van der Waals surface area contributed by atoms with Crippen LogP contribution >= 0.6 is 11.6 Å². The zero-order valence-corrected chi connectivity index (χ0v) is 18.8. The summed E-state index contributed by atoms with van der Waals surface area (Å²) in [6.45, 7) is 4.30. The van der Waals surface area contributed by atoms with Crippen molar-refractivity contribution in [1.82, 2.24) is 5.32 Å². The Morgan fingerprint density at radius 1 is 1.00 bits per heavy atom. The summed E-state index contributed by atoms with van der Waals surface area (Å²) in [7, 11) is -3.97. The first-order chi connectivity index (χ1) is 14.8. The third kappa shape index (κ3) is 5.99. The van der Waals surface area contributed by atoms with Crippen molar-refractivity contribution in [1.29, 1.82) is 0 Å². The van der Waals surface area contributed by atoms with Crippen molar-refractivity contribution >= 4 is 33.2 Å². The number of benzene rings is 3. The van der Waals surface area contributed by atoms with E-state index in [2.05, 4.69) is 10.0 Å². The maximum absolute atomic E-state index is 12.8. The summed E-state index contributed by atoms with van der Waals surface area (Å²) in [6.07, 6.45) is 0. The molecule has 0 aliphatic heterocycles. The number of halogens is 1. The lowest BCUT2D eigenvalue weighted by Gasteiger charge is -2.13. The van der Waals surface area contributed by atoms with Crippen molar-refractivity contribution in [2.75, 3.05) is 17.9 Å². The molecule has 0 saturated heterocycles. The molecule has 0 aliphatic carbocycles. The number of sulfonamides is 1. The Balaban J connectivity index is 1.66. The monoisotopic (exact) mass is 458 g/mol. The molecule has 3 aromatic carbocycles. The molecule has 6 nitrogen and oxygen atoms in total. The van der Waals surface area contributed by atoms with Crippen molar-refractivity contribution in [3.8, 4) is 5.75 Å². The van der Waals surface area contributed by atoms with Gasteiger partial charge in [-0.2, -0.15) is 0 Å². The van der Waals surface area contributed by atoms with Gasteiger partial charge in [0.15, 0.2) is 0 Å². The van der Waals surface area contributed by atoms with Gasteiger partial charge in [0.25, 0.3) is 15.9 Å². The topological polar surface area (TPSA) is 84.5 Å². The first-order valence-corrected chi connectivity index (χ1v) is 11.5. The number of anilines is 1. The second kappa shape index (κ2) is 9.85. The van der Waals surface area contributed by atoms with Gasteiger partial charge in [-0.25, -0.2) is 8.42 Å². The Labute approximate surface area is 187 Å². The Bertz CT molecular complexity index is 1200. The van der Waals surface area contributed by atoms with E-state index < -0.39 is 15.9 Å². The highest BCUT2D eigenvalue weighted by molar-refractivity contribution is 7.92. The maximum Gasteiger partial charge on any atom is 0.263 e. The number of carbonyl (C=O) groups is 1. The largest absolute Gasteiger partial charge is 0.492 e. The quantitative estimate of drug-likeness (QED) is 0.484. The molecule has 0 unspecified atom stereocenters. The Morgan fingerprint density at radius 3 is 2.52 bits per heavy atom. The third-order valence-corrected chi connectivity index (χ3v) is 6.37. The molecule has 1 amide bonds. The van der Waals surface area contributed by atoms with Gasteiger partial charge >= 0.3 is 0 Å². The van der Waals surface area contributed by atoms with Crippen molar-refractivity contribution < 1.29 is 17.9 Å². The van der Waals surface area contributed by atoms with Gasteiger partial charge in [0.2, 0.25) is 0 Å². The van der Waals surface area contributed by atoms with Crippen LogP contribution in [-0.4, -0.2) is 27.5 Å². The van der Waals surface area contributed by atoms with Gasteiger partial charge < -0.3 is 10.1 Å². The Hall–Kier alpha value is -3.03. The summed E-state index contributed by atoms with van der Waals surface area (Å²) in [5, 5.41) is 2.75. The molecule has 162 valence electrons. The summed E-state index contributed by atoms with van der Waals surface area (Å²) in [6, 6.07) is 18.7. The number of hydrogen-bond donors (Lipinski definition) is 2.